The molecular weight excluding hydrogens is 519 g/mol. The lowest BCUT2D eigenvalue weighted by Crippen LogP contribution is -2.30. The lowest BCUT2D eigenvalue weighted by molar-refractivity contribution is -0.123. The van der Waals surface area contributed by atoms with Crippen LogP contribution in [0, 0.1) is 3.57 Å². The summed E-state index contributed by atoms with van der Waals surface area (Å²) in [5.41, 5.74) is 0.792. The Morgan fingerprint density at radius 3 is 2.61 bits per heavy atom. The van der Waals surface area contributed by atoms with Crippen LogP contribution < -0.4 is 14.8 Å². The Morgan fingerprint density at radius 1 is 1.19 bits per heavy atom. The highest BCUT2D eigenvalue weighted by Gasteiger charge is 2.34. The van der Waals surface area contributed by atoms with Crippen molar-refractivity contribution in [2.24, 2.45) is 0 Å². The average Bonchev–Trinajstić information content (AvgIpc) is 3.31. The SMILES string of the molecule is CCOc1cc(/C=C2\NC(=O)N(Cc3ccc(C(=O)OC)o3)C2=O)cc(I)c1OCC. The van der Waals surface area contributed by atoms with Crippen molar-refractivity contribution in [1.29, 1.82) is 0 Å². The molecule has 1 N–H and O–H groups in total. The number of esters is 1. The average molecular weight is 540 g/mol. The molecule has 0 atom stereocenters. The summed E-state index contributed by atoms with van der Waals surface area (Å²) in [6.45, 7) is 4.58. The number of ether oxygens (including phenoxy) is 3. The molecule has 10 heteroatoms. The van der Waals surface area contributed by atoms with Crippen LogP contribution >= 0.6 is 22.6 Å². The first-order chi connectivity index (χ1) is 14.9. The predicted octanol–water partition coefficient (Wildman–Crippen LogP) is 3.56. The lowest BCUT2D eigenvalue weighted by atomic mass is 10.1. The molecule has 0 radical (unpaired) electrons. The number of furan rings is 1. The van der Waals surface area contributed by atoms with Gasteiger partial charge in [-0.1, -0.05) is 0 Å². The number of benzene rings is 1. The van der Waals surface area contributed by atoms with Gasteiger partial charge >= 0.3 is 12.0 Å². The van der Waals surface area contributed by atoms with E-state index in [0.29, 0.717) is 30.3 Å². The van der Waals surface area contributed by atoms with E-state index in [9.17, 15) is 14.4 Å². The Kier molecular flexibility index (Phi) is 7.21. The highest BCUT2D eigenvalue weighted by molar-refractivity contribution is 14.1. The molecule has 1 aliphatic rings. The molecule has 2 aromatic rings. The highest BCUT2D eigenvalue weighted by atomic mass is 127. The Labute approximate surface area is 192 Å². The zero-order chi connectivity index (χ0) is 22.5. The molecule has 1 saturated heterocycles. The van der Waals surface area contributed by atoms with Crippen LogP contribution in [0.2, 0.25) is 0 Å². The quantitative estimate of drug-likeness (QED) is 0.236. The third-order valence-electron chi connectivity index (χ3n) is 4.26. The topological polar surface area (TPSA) is 107 Å². The molecule has 0 bridgehead atoms. The fraction of sp³-hybridized carbons (Fsp3) is 0.286. The number of halogens is 1. The minimum Gasteiger partial charge on any atom is -0.490 e. The number of carbonyl (C=O) groups is 3. The van der Waals surface area contributed by atoms with Crippen molar-refractivity contribution >= 4 is 46.6 Å². The first kappa shape index (κ1) is 22.7. The predicted molar refractivity (Wildman–Crippen MR) is 119 cm³/mol. The number of amides is 3. The molecule has 1 aliphatic heterocycles. The van der Waals surface area contributed by atoms with Gasteiger partial charge in [0.05, 0.1) is 30.4 Å². The highest BCUT2D eigenvalue weighted by Crippen LogP contribution is 2.35. The Bertz CT molecular complexity index is 1040. The van der Waals surface area contributed by atoms with Crippen LogP contribution in [0.4, 0.5) is 4.79 Å². The van der Waals surface area contributed by atoms with Gasteiger partial charge in [0, 0.05) is 0 Å². The third kappa shape index (κ3) is 5.01. The van der Waals surface area contributed by atoms with Gasteiger partial charge < -0.3 is 23.9 Å². The van der Waals surface area contributed by atoms with Gasteiger partial charge in [0.15, 0.2) is 11.5 Å². The van der Waals surface area contributed by atoms with Gasteiger partial charge in [0.1, 0.15) is 11.5 Å². The maximum Gasteiger partial charge on any atom is 0.373 e. The van der Waals surface area contributed by atoms with Crippen molar-refractivity contribution in [3.05, 3.63) is 50.6 Å². The van der Waals surface area contributed by atoms with E-state index in [0.717, 1.165) is 8.47 Å². The molecule has 0 spiro atoms. The van der Waals surface area contributed by atoms with Crippen LogP contribution in [0.15, 0.2) is 34.4 Å². The zero-order valence-corrected chi connectivity index (χ0v) is 19.3. The van der Waals surface area contributed by atoms with E-state index in [1.165, 1.54) is 19.2 Å². The molecule has 0 aliphatic carbocycles. The normalized spacial score (nSPS) is 14.7. The minimum atomic E-state index is -0.640. The third-order valence-corrected chi connectivity index (χ3v) is 5.06. The molecule has 2 heterocycles. The van der Waals surface area contributed by atoms with Gasteiger partial charge in [0.25, 0.3) is 5.91 Å². The molecule has 31 heavy (non-hydrogen) atoms. The zero-order valence-electron chi connectivity index (χ0n) is 17.2. The number of urea groups is 1. The van der Waals surface area contributed by atoms with Crippen molar-refractivity contribution < 1.29 is 33.0 Å². The first-order valence-corrected chi connectivity index (χ1v) is 10.6. The fourth-order valence-electron chi connectivity index (χ4n) is 2.93. The van der Waals surface area contributed by atoms with Gasteiger partial charge in [-0.05, 0) is 72.3 Å². The second-order valence-corrected chi connectivity index (χ2v) is 7.50. The fourth-order valence-corrected chi connectivity index (χ4v) is 3.71. The summed E-state index contributed by atoms with van der Waals surface area (Å²) in [5.74, 6) is 0.312. The molecular formula is C21H21IN2O7. The number of hydrogen-bond donors (Lipinski definition) is 1. The Morgan fingerprint density at radius 2 is 1.94 bits per heavy atom. The summed E-state index contributed by atoms with van der Waals surface area (Å²) in [7, 11) is 1.23. The monoisotopic (exact) mass is 540 g/mol. The van der Waals surface area contributed by atoms with E-state index in [4.69, 9.17) is 13.9 Å². The molecule has 3 amide bonds. The van der Waals surface area contributed by atoms with Gasteiger partial charge in [-0.3, -0.25) is 9.69 Å². The van der Waals surface area contributed by atoms with Crippen LogP contribution in [-0.4, -0.2) is 43.1 Å². The van der Waals surface area contributed by atoms with Crippen molar-refractivity contribution in [3.8, 4) is 11.5 Å². The molecule has 9 nitrogen and oxygen atoms in total. The van der Waals surface area contributed by atoms with Crippen LogP contribution in [0.25, 0.3) is 6.08 Å². The smallest absolute Gasteiger partial charge is 0.373 e. The van der Waals surface area contributed by atoms with Crippen molar-refractivity contribution in [1.82, 2.24) is 10.2 Å². The standard InChI is InChI=1S/C21H21IN2O7/c1-4-29-17-10-12(8-14(22)18(17)30-5-2)9-15-19(25)24(21(27)23-15)11-13-6-7-16(31-13)20(26)28-3/h6-10H,4-5,11H2,1-3H3,(H,23,27)/b15-9-. The molecule has 164 valence electrons. The molecule has 0 saturated carbocycles. The molecule has 1 fully saturated rings. The molecule has 1 aromatic carbocycles. The summed E-state index contributed by atoms with van der Waals surface area (Å²) in [5, 5.41) is 2.56. The van der Waals surface area contributed by atoms with Crippen molar-refractivity contribution in [2.45, 2.75) is 20.4 Å². The summed E-state index contributed by atoms with van der Waals surface area (Å²) >= 11 is 2.13. The number of carbonyl (C=O) groups excluding carboxylic acids is 3. The van der Waals surface area contributed by atoms with Crippen LogP contribution in [0.5, 0.6) is 11.5 Å². The number of methoxy groups -OCH3 is 1. The molecule has 1 aromatic heterocycles. The maximum atomic E-state index is 12.8. The van der Waals surface area contributed by atoms with E-state index >= 15 is 0 Å². The van der Waals surface area contributed by atoms with Gasteiger partial charge in [-0.25, -0.2) is 9.59 Å². The second kappa shape index (κ2) is 9.86. The Hall–Kier alpha value is -3.02. The summed E-state index contributed by atoms with van der Waals surface area (Å²) < 4.78 is 22.1. The number of rotatable bonds is 8. The van der Waals surface area contributed by atoms with E-state index < -0.39 is 17.9 Å². The number of hydrogen-bond acceptors (Lipinski definition) is 7. The van der Waals surface area contributed by atoms with E-state index in [1.807, 2.05) is 19.9 Å². The van der Waals surface area contributed by atoms with E-state index in [1.54, 1.807) is 12.1 Å². The summed E-state index contributed by atoms with van der Waals surface area (Å²) in [6, 6.07) is 5.93. The summed E-state index contributed by atoms with van der Waals surface area (Å²) in [4.78, 5) is 37.6. The van der Waals surface area contributed by atoms with Crippen LogP contribution in [0.3, 0.4) is 0 Å². The minimum absolute atomic E-state index is 0.00673. The van der Waals surface area contributed by atoms with Crippen LogP contribution in [-0.2, 0) is 16.1 Å². The largest absolute Gasteiger partial charge is 0.490 e. The maximum absolute atomic E-state index is 12.8. The lowest BCUT2D eigenvalue weighted by Gasteiger charge is -2.13. The molecule has 0 unspecified atom stereocenters. The number of nitrogens with zero attached hydrogens (tertiary/aromatic N) is 1. The van der Waals surface area contributed by atoms with E-state index in [2.05, 4.69) is 32.6 Å². The molecule has 3 rings (SSSR count). The van der Waals surface area contributed by atoms with Gasteiger partial charge in [-0.2, -0.15) is 0 Å². The van der Waals surface area contributed by atoms with Crippen LogP contribution in [0.1, 0.15) is 35.7 Å². The van der Waals surface area contributed by atoms with Gasteiger partial charge in [-0.15, -0.1) is 0 Å². The number of imide groups is 1. The van der Waals surface area contributed by atoms with Crippen molar-refractivity contribution in [3.63, 3.8) is 0 Å². The second-order valence-electron chi connectivity index (χ2n) is 6.33. The first-order valence-electron chi connectivity index (χ1n) is 9.48. The van der Waals surface area contributed by atoms with Crippen molar-refractivity contribution in [2.75, 3.05) is 20.3 Å². The Balaban J connectivity index is 1.83. The van der Waals surface area contributed by atoms with E-state index in [-0.39, 0.29) is 23.8 Å². The number of nitrogens with one attached hydrogen (secondary N) is 1. The summed E-state index contributed by atoms with van der Waals surface area (Å²) in [6.07, 6.45) is 1.57. The van der Waals surface area contributed by atoms with Gasteiger partial charge in [0.2, 0.25) is 5.76 Å².